The fraction of sp³-hybridized carbons (Fsp3) is 1.00. The first-order valence-electron chi connectivity index (χ1n) is 5.06. The molecule has 64 valence electrons. The average Bonchev–Trinajstić information content (AvgIpc) is 1.85. The highest BCUT2D eigenvalue weighted by Gasteiger charge is 2.12. The molecule has 0 aromatic heterocycles. The third-order valence-electron chi connectivity index (χ3n) is 2.03. The molecule has 0 amide bonds. The summed E-state index contributed by atoms with van der Waals surface area (Å²) in [7, 11) is 0. The van der Waals surface area contributed by atoms with Gasteiger partial charge in [0, 0.05) is 0 Å². The van der Waals surface area contributed by atoms with E-state index in [-0.39, 0.29) is 20.4 Å². The van der Waals surface area contributed by atoms with Crippen molar-refractivity contribution in [1.29, 1.82) is 0 Å². The summed E-state index contributed by atoms with van der Waals surface area (Å²) in [6.45, 7) is 9.44. The van der Waals surface area contributed by atoms with E-state index in [0.717, 1.165) is 0 Å². The summed E-state index contributed by atoms with van der Waals surface area (Å²) in [4.78, 5) is 0. The summed E-state index contributed by atoms with van der Waals surface area (Å²) in [5.74, 6) is 0. The molecule has 0 aromatic carbocycles. The molecule has 0 radical (unpaired) electrons. The van der Waals surface area contributed by atoms with Gasteiger partial charge in [0.15, 0.2) is 0 Å². The first-order chi connectivity index (χ1) is 5.06. The minimum absolute atomic E-state index is 0.222. The van der Waals surface area contributed by atoms with Crippen molar-refractivity contribution in [2.24, 2.45) is 0 Å². The number of hydrogen-bond donors (Lipinski definition) is 0. The molecular weight excluding hydrogens is 144 g/mol. The molecule has 0 heterocycles. The lowest BCUT2D eigenvalue weighted by Gasteiger charge is -2.15. The maximum absolute atomic E-state index is 2.39. The average molecular weight is 167 g/mol. The maximum Gasteiger partial charge on any atom is 0.372 e. The molecule has 0 spiro atoms. The molecule has 0 N–H and O–H groups in total. The van der Waals surface area contributed by atoms with E-state index in [2.05, 4.69) is 27.7 Å². The van der Waals surface area contributed by atoms with Crippen LogP contribution in [0.25, 0.3) is 0 Å². The van der Waals surface area contributed by atoms with E-state index in [1.807, 2.05) is 0 Å². The van der Waals surface area contributed by atoms with E-state index in [9.17, 15) is 0 Å². The quantitative estimate of drug-likeness (QED) is 0.429. The van der Waals surface area contributed by atoms with Crippen molar-refractivity contribution in [3.8, 4) is 0 Å². The minimum atomic E-state index is 0.222. The number of unbranched alkanes of at least 4 members (excludes halogenated alkanes) is 3. The van der Waals surface area contributed by atoms with Gasteiger partial charge in [0.1, 0.15) is 0 Å². The Bertz CT molecular complexity index is 81.4. The molecule has 0 aromatic rings. The van der Waals surface area contributed by atoms with E-state index in [4.69, 9.17) is 0 Å². The Morgan fingerprint density at radius 1 is 1.00 bits per heavy atom. The van der Waals surface area contributed by atoms with Gasteiger partial charge in [0.05, 0.1) is 0 Å². The molecule has 0 bridgehead atoms. The second-order valence-corrected chi connectivity index (χ2v) is 8.05. The van der Waals surface area contributed by atoms with Crippen LogP contribution in [-0.2, 0) is 0 Å². The lowest BCUT2D eigenvalue weighted by atomic mass is 10.2. The lowest BCUT2D eigenvalue weighted by molar-refractivity contribution is 0.686. The Balaban J connectivity index is 3.02. The Kier molecular flexibility index (Phi) is 6.74. The van der Waals surface area contributed by atoms with Crippen LogP contribution >= 0.6 is 0 Å². The van der Waals surface area contributed by atoms with E-state index in [1.165, 1.54) is 25.7 Å². The summed E-state index contributed by atoms with van der Waals surface area (Å²) < 4.78 is 2.25. The number of rotatable bonds is 5. The topological polar surface area (TPSA) is 0 Å². The van der Waals surface area contributed by atoms with Crippen LogP contribution in [0.2, 0.25) is 8.09 Å². The highest BCUT2D eigenvalue weighted by Crippen LogP contribution is 2.22. The standard InChI is InChI=1S/C6H13.C4H9.Mg/c1-3-5-6-4-2;1-4(2)3;/h1,3-6H2,2H3;1-3H3;. The highest BCUT2D eigenvalue weighted by molar-refractivity contribution is 6.39. The normalized spacial score (nSPS) is 11.3. The smallest absolute Gasteiger partial charge is 0.145 e. The molecule has 0 unspecified atom stereocenters. The van der Waals surface area contributed by atoms with Gasteiger partial charge in [-0.15, -0.1) is 8.09 Å². The van der Waals surface area contributed by atoms with E-state index in [0.29, 0.717) is 3.54 Å². The van der Waals surface area contributed by atoms with Crippen molar-refractivity contribution in [2.45, 2.75) is 61.5 Å². The van der Waals surface area contributed by atoms with Gasteiger partial charge in [-0.25, -0.2) is 0 Å². The van der Waals surface area contributed by atoms with Gasteiger partial charge in [-0.2, -0.15) is 0 Å². The summed E-state index contributed by atoms with van der Waals surface area (Å²) >= 11 is 0.222. The molecule has 0 rings (SSSR count). The van der Waals surface area contributed by atoms with Crippen molar-refractivity contribution in [3.05, 3.63) is 0 Å². The van der Waals surface area contributed by atoms with Crippen LogP contribution in [0.3, 0.4) is 0 Å². The molecule has 0 fully saturated rings. The third-order valence-corrected chi connectivity index (χ3v) is 4.38. The van der Waals surface area contributed by atoms with Crippen LogP contribution in [-0.4, -0.2) is 20.4 Å². The number of hydrogen-bond acceptors (Lipinski definition) is 0. The van der Waals surface area contributed by atoms with Gasteiger partial charge in [0.25, 0.3) is 0 Å². The first-order valence-corrected chi connectivity index (χ1v) is 6.77. The molecule has 0 saturated heterocycles. The fourth-order valence-electron chi connectivity index (χ4n) is 1.26. The molecule has 0 aliphatic heterocycles. The fourth-order valence-corrected chi connectivity index (χ4v) is 2.92. The zero-order valence-electron chi connectivity index (χ0n) is 8.74. The van der Waals surface area contributed by atoms with Gasteiger partial charge in [-0.1, -0.05) is 53.4 Å². The van der Waals surface area contributed by atoms with Crippen LogP contribution in [0.1, 0.15) is 53.4 Å². The Hall–Kier alpha value is 0.766. The molecule has 1 heteroatoms. The summed E-state index contributed by atoms with van der Waals surface area (Å²) in [5, 5.41) is 0. The third kappa shape index (κ3) is 10.8. The van der Waals surface area contributed by atoms with Crippen LogP contribution in [0.15, 0.2) is 0 Å². The minimum Gasteiger partial charge on any atom is -0.145 e. The molecule has 0 saturated carbocycles. The van der Waals surface area contributed by atoms with Gasteiger partial charge in [0.2, 0.25) is 0 Å². The summed E-state index contributed by atoms with van der Waals surface area (Å²) in [5.41, 5.74) is 0. The van der Waals surface area contributed by atoms with Crippen molar-refractivity contribution < 1.29 is 0 Å². The maximum atomic E-state index is 2.39. The Morgan fingerprint density at radius 2 is 1.64 bits per heavy atom. The van der Waals surface area contributed by atoms with Gasteiger partial charge >= 0.3 is 20.4 Å². The van der Waals surface area contributed by atoms with Crippen LogP contribution in [0, 0.1) is 0 Å². The van der Waals surface area contributed by atoms with Crippen LogP contribution in [0.5, 0.6) is 0 Å². The molecule has 0 nitrogen and oxygen atoms in total. The van der Waals surface area contributed by atoms with Crippen molar-refractivity contribution in [2.75, 3.05) is 0 Å². The molecule has 11 heavy (non-hydrogen) atoms. The second kappa shape index (κ2) is 6.30. The van der Waals surface area contributed by atoms with E-state index >= 15 is 0 Å². The Labute approximate surface area is 81.9 Å². The second-order valence-electron chi connectivity index (χ2n) is 4.72. The first kappa shape index (κ1) is 11.8. The van der Waals surface area contributed by atoms with Crippen LogP contribution in [0.4, 0.5) is 0 Å². The largest absolute Gasteiger partial charge is 0.372 e. The van der Waals surface area contributed by atoms with Crippen LogP contribution < -0.4 is 0 Å². The zero-order chi connectivity index (χ0) is 8.74. The lowest BCUT2D eigenvalue weighted by Crippen LogP contribution is -2.07. The van der Waals surface area contributed by atoms with Gasteiger partial charge < -0.3 is 0 Å². The SMILES string of the molecule is CCCCC[CH2][Mg][C](C)(C)C. The monoisotopic (exact) mass is 166 g/mol. The highest BCUT2D eigenvalue weighted by atomic mass is 24.5. The molecule has 0 atom stereocenters. The summed E-state index contributed by atoms with van der Waals surface area (Å²) in [6, 6.07) is 0. The van der Waals surface area contributed by atoms with Crippen molar-refractivity contribution >= 4 is 20.4 Å². The van der Waals surface area contributed by atoms with Crippen molar-refractivity contribution in [3.63, 3.8) is 0 Å². The van der Waals surface area contributed by atoms with Gasteiger partial charge in [-0.05, 0) is 0 Å². The van der Waals surface area contributed by atoms with E-state index < -0.39 is 0 Å². The molecular formula is C10H22Mg. The predicted molar refractivity (Wildman–Crippen MR) is 54.4 cm³/mol. The van der Waals surface area contributed by atoms with Crippen molar-refractivity contribution in [1.82, 2.24) is 0 Å². The predicted octanol–water partition coefficient (Wildman–Crippen LogP) is 3.91. The van der Waals surface area contributed by atoms with Gasteiger partial charge in [-0.3, -0.25) is 0 Å². The molecule has 0 aliphatic rings. The Morgan fingerprint density at radius 3 is 2.09 bits per heavy atom. The molecule has 0 aliphatic carbocycles. The zero-order valence-corrected chi connectivity index (χ0v) is 10.2. The summed E-state index contributed by atoms with van der Waals surface area (Å²) in [6.07, 6.45) is 5.78. The van der Waals surface area contributed by atoms with E-state index in [1.54, 1.807) is 4.55 Å².